The molecule has 2 N–H and O–H groups in total. The van der Waals surface area contributed by atoms with Crippen molar-refractivity contribution in [3.63, 3.8) is 0 Å². The van der Waals surface area contributed by atoms with Crippen molar-refractivity contribution in [1.82, 2.24) is 19.9 Å². The van der Waals surface area contributed by atoms with E-state index in [1.165, 1.54) is 23.1 Å². The zero-order valence-electron chi connectivity index (χ0n) is 11.4. The van der Waals surface area contributed by atoms with Crippen LogP contribution < -0.4 is 5.73 Å². The van der Waals surface area contributed by atoms with Gasteiger partial charge in [-0.05, 0) is 43.1 Å². The maximum atomic E-state index is 12.9. The van der Waals surface area contributed by atoms with Crippen LogP contribution in [0.15, 0.2) is 30.5 Å². The standard InChI is InChI=1S/C14H16FN5O/c15-11-1-3-12(4-2-11)20-17-8-13(18-20)14(21)19-6-5-10(7-16)9-19/h1-4,8,10H,5-7,9,16H2. The van der Waals surface area contributed by atoms with Gasteiger partial charge in [-0.25, -0.2) is 4.39 Å². The lowest BCUT2D eigenvalue weighted by molar-refractivity contribution is 0.0781. The predicted octanol–water partition coefficient (Wildman–Crippen LogP) is 0.827. The second kappa shape index (κ2) is 5.61. The molecule has 0 bridgehead atoms. The topological polar surface area (TPSA) is 77.0 Å². The van der Waals surface area contributed by atoms with Crippen molar-refractivity contribution < 1.29 is 9.18 Å². The molecule has 1 atom stereocenters. The molecule has 1 aliphatic rings. The number of aromatic nitrogens is 3. The van der Waals surface area contributed by atoms with Gasteiger partial charge in [0, 0.05) is 13.1 Å². The first-order valence-electron chi connectivity index (χ1n) is 6.85. The molecule has 21 heavy (non-hydrogen) atoms. The Morgan fingerprint density at radius 3 is 2.81 bits per heavy atom. The van der Waals surface area contributed by atoms with Crippen LogP contribution in [0.25, 0.3) is 5.69 Å². The van der Waals surface area contributed by atoms with Gasteiger partial charge in [-0.1, -0.05) is 0 Å². The molecule has 1 aromatic carbocycles. The lowest BCUT2D eigenvalue weighted by Gasteiger charge is -2.14. The number of likely N-dealkylation sites (tertiary alicyclic amines) is 1. The first kappa shape index (κ1) is 13.7. The Morgan fingerprint density at radius 2 is 2.14 bits per heavy atom. The summed E-state index contributed by atoms with van der Waals surface area (Å²) in [5.74, 6) is -0.104. The summed E-state index contributed by atoms with van der Waals surface area (Å²) in [4.78, 5) is 15.4. The monoisotopic (exact) mass is 289 g/mol. The van der Waals surface area contributed by atoms with Gasteiger partial charge >= 0.3 is 0 Å². The highest BCUT2D eigenvalue weighted by Gasteiger charge is 2.27. The third-order valence-corrected chi connectivity index (χ3v) is 3.67. The van der Waals surface area contributed by atoms with E-state index in [0.29, 0.717) is 31.2 Å². The van der Waals surface area contributed by atoms with Crippen LogP contribution in [0, 0.1) is 11.7 Å². The summed E-state index contributed by atoms with van der Waals surface area (Å²) in [6, 6.07) is 5.77. The van der Waals surface area contributed by atoms with Crippen LogP contribution in [-0.4, -0.2) is 45.4 Å². The number of rotatable bonds is 3. The number of nitrogens with two attached hydrogens (primary N) is 1. The Morgan fingerprint density at radius 1 is 1.38 bits per heavy atom. The van der Waals surface area contributed by atoms with Crippen LogP contribution in [0.5, 0.6) is 0 Å². The molecule has 1 unspecified atom stereocenters. The third kappa shape index (κ3) is 2.78. The van der Waals surface area contributed by atoms with Gasteiger partial charge in [0.05, 0.1) is 11.9 Å². The number of hydrogen-bond donors (Lipinski definition) is 1. The molecule has 2 heterocycles. The third-order valence-electron chi connectivity index (χ3n) is 3.67. The van der Waals surface area contributed by atoms with Crippen LogP contribution in [0.2, 0.25) is 0 Å². The van der Waals surface area contributed by atoms with Crippen molar-refractivity contribution >= 4 is 5.91 Å². The zero-order chi connectivity index (χ0) is 14.8. The Hall–Kier alpha value is -2.28. The van der Waals surface area contributed by atoms with Crippen molar-refractivity contribution in [2.75, 3.05) is 19.6 Å². The minimum absolute atomic E-state index is 0.140. The van der Waals surface area contributed by atoms with Gasteiger partial charge in [0.25, 0.3) is 5.91 Å². The number of hydrogen-bond acceptors (Lipinski definition) is 4. The summed E-state index contributed by atoms with van der Waals surface area (Å²) in [5, 5.41) is 8.22. The Bertz CT molecular complexity index is 639. The van der Waals surface area contributed by atoms with Crippen LogP contribution in [0.1, 0.15) is 16.9 Å². The minimum Gasteiger partial charge on any atom is -0.337 e. The summed E-state index contributed by atoms with van der Waals surface area (Å²) in [5.41, 5.74) is 6.52. The van der Waals surface area contributed by atoms with Crippen LogP contribution >= 0.6 is 0 Å². The van der Waals surface area contributed by atoms with E-state index in [-0.39, 0.29) is 17.4 Å². The molecular weight excluding hydrogens is 273 g/mol. The molecule has 1 aromatic heterocycles. The van der Waals surface area contributed by atoms with Crippen LogP contribution in [0.4, 0.5) is 4.39 Å². The number of benzene rings is 1. The lowest BCUT2D eigenvalue weighted by Crippen LogP contribution is -2.30. The summed E-state index contributed by atoms with van der Waals surface area (Å²) < 4.78 is 12.9. The fraction of sp³-hybridized carbons (Fsp3) is 0.357. The molecule has 0 radical (unpaired) electrons. The SMILES string of the molecule is NCC1CCN(C(=O)c2cnn(-c3ccc(F)cc3)n2)C1. The molecule has 1 fully saturated rings. The molecule has 0 aliphatic carbocycles. The first-order chi connectivity index (χ1) is 10.2. The molecule has 0 saturated carbocycles. The highest BCUT2D eigenvalue weighted by atomic mass is 19.1. The van der Waals surface area contributed by atoms with E-state index in [1.54, 1.807) is 17.0 Å². The van der Waals surface area contributed by atoms with Crippen molar-refractivity contribution in [1.29, 1.82) is 0 Å². The molecular formula is C14H16FN5O. The van der Waals surface area contributed by atoms with Gasteiger partial charge in [-0.15, -0.1) is 5.10 Å². The van der Waals surface area contributed by atoms with Crippen molar-refractivity contribution in [3.05, 3.63) is 42.0 Å². The van der Waals surface area contributed by atoms with Crippen molar-refractivity contribution in [3.8, 4) is 5.69 Å². The summed E-state index contributed by atoms with van der Waals surface area (Å²) in [6.07, 6.45) is 2.36. The number of halogens is 1. The van der Waals surface area contributed by atoms with Gasteiger partial charge in [-0.3, -0.25) is 4.79 Å². The van der Waals surface area contributed by atoms with E-state index in [9.17, 15) is 9.18 Å². The van der Waals surface area contributed by atoms with Gasteiger partial charge in [0.1, 0.15) is 5.82 Å². The van der Waals surface area contributed by atoms with Crippen molar-refractivity contribution in [2.45, 2.75) is 6.42 Å². The van der Waals surface area contributed by atoms with Crippen LogP contribution in [0.3, 0.4) is 0 Å². The molecule has 0 spiro atoms. The lowest BCUT2D eigenvalue weighted by atomic mass is 10.1. The molecule has 110 valence electrons. The van der Waals surface area contributed by atoms with E-state index < -0.39 is 0 Å². The normalized spacial score (nSPS) is 18.2. The minimum atomic E-state index is -0.327. The first-order valence-corrected chi connectivity index (χ1v) is 6.85. The fourth-order valence-corrected chi connectivity index (χ4v) is 2.43. The van der Waals surface area contributed by atoms with E-state index in [0.717, 1.165) is 6.42 Å². The second-order valence-corrected chi connectivity index (χ2v) is 5.14. The number of nitrogens with zero attached hydrogens (tertiary/aromatic N) is 4. The Kier molecular flexibility index (Phi) is 3.66. The molecule has 1 saturated heterocycles. The molecule has 1 amide bonds. The van der Waals surface area contributed by atoms with E-state index in [2.05, 4.69) is 10.2 Å². The largest absolute Gasteiger partial charge is 0.337 e. The molecule has 3 rings (SSSR count). The quantitative estimate of drug-likeness (QED) is 0.908. The molecule has 6 nitrogen and oxygen atoms in total. The average molecular weight is 289 g/mol. The summed E-state index contributed by atoms with van der Waals surface area (Å²) in [6.45, 7) is 1.95. The number of carbonyl (C=O) groups excluding carboxylic acids is 1. The van der Waals surface area contributed by atoms with Gasteiger partial charge in [-0.2, -0.15) is 9.90 Å². The van der Waals surface area contributed by atoms with Crippen LogP contribution in [-0.2, 0) is 0 Å². The molecule has 1 aliphatic heterocycles. The van der Waals surface area contributed by atoms with E-state index in [4.69, 9.17) is 5.73 Å². The summed E-state index contributed by atoms with van der Waals surface area (Å²) in [7, 11) is 0. The fourth-order valence-electron chi connectivity index (χ4n) is 2.43. The van der Waals surface area contributed by atoms with Gasteiger partial charge < -0.3 is 10.6 Å². The van der Waals surface area contributed by atoms with E-state index >= 15 is 0 Å². The Balaban J connectivity index is 1.75. The maximum Gasteiger partial charge on any atom is 0.276 e. The highest BCUT2D eigenvalue weighted by molar-refractivity contribution is 5.92. The zero-order valence-corrected chi connectivity index (χ0v) is 11.4. The molecule has 2 aromatic rings. The number of carbonyl (C=O) groups is 1. The van der Waals surface area contributed by atoms with Crippen molar-refractivity contribution in [2.24, 2.45) is 11.7 Å². The molecule has 7 heteroatoms. The van der Waals surface area contributed by atoms with Gasteiger partial charge in [0.15, 0.2) is 5.69 Å². The average Bonchev–Trinajstić information content (AvgIpc) is 3.16. The summed E-state index contributed by atoms with van der Waals surface area (Å²) >= 11 is 0. The highest BCUT2D eigenvalue weighted by Crippen LogP contribution is 2.17. The van der Waals surface area contributed by atoms with E-state index in [1.807, 2.05) is 0 Å². The predicted molar refractivity (Wildman–Crippen MR) is 74.4 cm³/mol. The second-order valence-electron chi connectivity index (χ2n) is 5.14. The Labute approximate surface area is 121 Å². The smallest absolute Gasteiger partial charge is 0.276 e. The number of amides is 1. The van der Waals surface area contributed by atoms with Gasteiger partial charge in [0.2, 0.25) is 0 Å². The maximum absolute atomic E-state index is 12.9.